The number of anilines is 2. The van der Waals surface area contributed by atoms with Gasteiger partial charge in [0.2, 0.25) is 0 Å². The molecule has 166 valence electrons. The summed E-state index contributed by atoms with van der Waals surface area (Å²) in [5, 5.41) is 0. The van der Waals surface area contributed by atoms with Crippen molar-refractivity contribution in [1.82, 2.24) is 4.90 Å². The number of benzene rings is 3. The molecule has 8 heteroatoms. The van der Waals surface area contributed by atoms with E-state index in [0.29, 0.717) is 31.0 Å². The van der Waals surface area contributed by atoms with Gasteiger partial charge < -0.3 is 4.90 Å². The Kier molecular flexibility index (Phi) is 6.14. The summed E-state index contributed by atoms with van der Waals surface area (Å²) in [5.74, 6) is -0.336. The lowest BCUT2D eigenvalue weighted by Crippen LogP contribution is -2.49. The number of halogens is 1. The van der Waals surface area contributed by atoms with Gasteiger partial charge in [0.1, 0.15) is 5.82 Å². The van der Waals surface area contributed by atoms with Crippen LogP contribution in [-0.4, -0.2) is 32.4 Å². The molecule has 3 aromatic carbocycles. The first-order valence-corrected chi connectivity index (χ1v) is 11.8. The van der Waals surface area contributed by atoms with Gasteiger partial charge in [0.15, 0.2) is 0 Å². The smallest absolute Gasteiger partial charge is 0.320 e. The Morgan fingerprint density at radius 2 is 1.72 bits per heavy atom. The van der Waals surface area contributed by atoms with Crippen LogP contribution in [0.4, 0.5) is 20.6 Å². The van der Waals surface area contributed by atoms with Gasteiger partial charge in [-0.25, -0.2) is 17.6 Å². The molecule has 1 heterocycles. The molecule has 0 unspecified atom stereocenters. The second-order valence-electron chi connectivity index (χ2n) is 7.81. The van der Waals surface area contributed by atoms with E-state index in [0.717, 1.165) is 17.5 Å². The molecule has 0 atom stereocenters. The van der Waals surface area contributed by atoms with E-state index in [1.54, 1.807) is 70.5 Å². The van der Waals surface area contributed by atoms with Crippen molar-refractivity contribution in [2.75, 3.05) is 22.7 Å². The lowest BCUT2D eigenvalue weighted by molar-refractivity contribution is 0.192. The van der Waals surface area contributed by atoms with Crippen LogP contribution >= 0.6 is 0 Å². The Balaban J connectivity index is 1.52. The molecule has 1 aliphatic rings. The molecule has 0 aromatic heterocycles. The van der Waals surface area contributed by atoms with Crippen molar-refractivity contribution in [3.8, 4) is 0 Å². The third kappa shape index (κ3) is 4.91. The van der Waals surface area contributed by atoms with Gasteiger partial charge in [-0.3, -0.25) is 9.62 Å². The Hall–Kier alpha value is -3.39. The average molecular weight is 454 g/mol. The van der Waals surface area contributed by atoms with Gasteiger partial charge in [0.05, 0.1) is 10.6 Å². The summed E-state index contributed by atoms with van der Waals surface area (Å²) >= 11 is 0. The number of aryl methyl sites for hydroxylation is 1. The van der Waals surface area contributed by atoms with Gasteiger partial charge in [-0.2, -0.15) is 0 Å². The van der Waals surface area contributed by atoms with Gasteiger partial charge in [-0.1, -0.05) is 35.9 Å². The topological polar surface area (TPSA) is 69.7 Å². The molecule has 3 aromatic rings. The number of carbonyl (C=O) groups is 1. The maximum atomic E-state index is 13.5. The molecule has 1 aliphatic heterocycles. The molecule has 0 spiro atoms. The van der Waals surface area contributed by atoms with E-state index >= 15 is 0 Å². The van der Waals surface area contributed by atoms with Gasteiger partial charge in [-0.05, 0) is 61.4 Å². The predicted octanol–water partition coefficient (Wildman–Crippen LogP) is 4.77. The number of hydrogen-bond acceptors (Lipinski definition) is 3. The zero-order valence-electron chi connectivity index (χ0n) is 17.7. The fraction of sp³-hybridized carbons (Fsp3) is 0.208. The summed E-state index contributed by atoms with van der Waals surface area (Å²) in [6.45, 7) is 3.30. The van der Waals surface area contributed by atoms with Gasteiger partial charge in [-0.15, -0.1) is 0 Å². The molecule has 1 fully saturated rings. The van der Waals surface area contributed by atoms with E-state index in [1.807, 2.05) is 6.92 Å². The lowest BCUT2D eigenvalue weighted by Gasteiger charge is -2.36. The maximum Gasteiger partial charge on any atom is 0.324 e. The van der Waals surface area contributed by atoms with Crippen LogP contribution in [-0.2, 0) is 16.6 Å². The summed E-state index contributed by atoms with van der Waals surface area (Å²) in [6, 6.07) is 19.4. The Morgan fingerprint density at radius 3 is 2.47 bits per heavy atom. The second kappa shape index (κ2) is 9.00. The minimum absolute atomic E-state index is 0.170. The van der Waals surface area contributed by atoms with E-state index in [4.69, 9.17) is 0 Å². The van der Waals surface area contributed by atoms with Crippen LogP contribution in [0.3, 0.4) is 0 Å². The van der Waals surface area contributed by atoms with Gasteiger partial charge in [0.25, 0.3) is 10.0 Å². The summed E-state index contributed by atoms with van der Waals surface area (Å²) in [4.78, 5) is 16.5. The number of nitrogens with zero attached hydrogens (tertiary/aromatic N) is 2. The lowest BCUT2D eigenvalue weighted by atomic mass is 10.1. The molecule has 0 bridgehead atoms. The maximum absolute atomic E-state index is 13.5. The Labute approximate surface area is 187 Å². The summed E-state index contributed by atoms with van der Waals surface area (Å²) in [6.07, 6.45) is 0.750. The van der Waals surface area contributed by atoms with E-state index < -0.39 is 10.0 Å². The predicted molar refractivity (Wildman–Crippen MR) is 123 cm³/mol. The molecule has 6 nitrogen and oxygen atoms in total. The van der Waals surface area contributed by atoms with Crippen molar-refractivity contribution in [3.63, 3.8) is 0 Å². The number of sulfonamides is 1. The summed E-state index contributed by atoms with van der Waals surface area (Å²) in [7, 11) is -3.75. The van der Waals surface area contributed by atoms with Crippen LogP contribution in [0.1, 0.15) is 17.5 Å². The number of rotatable bonds is 6. The normalized spacial score (nSPS) is 14.5. The van der Waals surface area contributed by atoms with E-state index in [-0.39, 0.29) is 16.7 Å². The molecule has 0 saturated carbocycles. The highest BCUT2D eigenvalue weighted by molar-refractivity contribution is 7.92. The third-order valence-corrected chi connectivity index (χ3v) is 6.71. The highest BCUT2D eigenvalue weighted by atomic mass is 32.2. The van der Waals surface area contributed by atoms with Crippen LogP contribution in [0.15, 0.2) is 77.7 Å². The van der Waals surface area contributed by atoms with Crippen LogP contribution in [0, 0.1) is 12.7 Å². The zero-order valence-corrected chi connectivity index (χ0v) is 18.5. The fourth-order valence-electron chi connectivity index (χ4n) is 3.69. The minimum Gasteiger partial charge on any atom is -0.320 e. The van der Waals surface area contributed by atoms with Crippen LogP contribution < -0.4 is 9.62 Å². The quantitative estimate of drug-likeness (QED) is 0.585. The third-order valence-electron chi connectivity index (χ3n) is 5.31. The SMILES string of the molecule is Cc1ccc(S(=O)(=O)Nc2cccc(N3CCCN(Cc4cccc(F)c4)C3=O)c2)cc1. The highest BCUT2D eigenvalue weighted by Gasteiger charge is 2.27. The number of amides is 2. The van der Waals surface area contributed by atoms with Crippen molar-refractivity contribution in [1.29, 1.82) is 0 Å². The number of urea groups is 1. The molecule has 1 N–H and O–H groups in total. The van der Waals surface area contributed by atoms with Crippen molar-refractivity contribution in [2.45, 2.75) is 24.8 Å². The molecule has 4 rings (SSSR count). The molecule has 1 saturated heterocycles. The van der Waals surface area contributed by atoms with Crippen molar-refractivity contribution < 1.29 is 17.6 Å². The average Bonchev–Trinajstić information content (AvgIpc) is 2.75. The standard InChI is InChI=1S/C24H24FN3O3S/c1-18-9-11-23(12-10-18)32(30,31)26-21-7-3-8-22(16-21)28-14-4-13-27(24(28)29)17-19-5-2-6-20(25)15-19/h2-3,5-12,15-16,26H,4,13-14,17H2,1H3. The van der Waals surface area contributed by atoms with Crippen LogP contribution in [0.2, 0.25) is 0 Å². The van der Waals surface area contributed by atoms with Crippen LogP contribution in [0.25, 0.3) is 0 Å². The Morgan fingerprint density at radius 1 is 0.969 bits per heavy atom. The number of hydrogen-bond donors (Lipinski definition) is 1. The molecule has 2 amide bonds. The van der Waals surface area contributed by atoms with Crippen molar-refractivity contribution >= 4 is 27.4 Å². The monoisotopic (exact) mass is 453 g/mol. The highest BCUT2D eigenvalue weighted by Crippen LogP contribution is 2.26. The first-order chi connectivity index (χ1) is 15.3. The van der Waals surface area contributed by atoms with E-state index in [9.17, 15) is 17.6 Å². The second-order valence-corrected chi connectivity index (χ2v) is 9.49. The van der Waals surface area contributed by atoms with E-state index in [1.165, 1.54) is 12.1 Å². The first kappa shape index (κ1) is 21.8. The fourth-order valence-corrected chi connectivity index (χ4v) is 4.74. The number of nitrogens with one attached hydrogen (secondary N) is 1. The van der Waals surface area contributed by atoms with Crippen LogP contribution in [0.5, 0.6) is 0 Å². The van der Waals surface area contributed by atoms with Crippen molar-refractivity contribution in [3.05, 3.63) is 89.7 Å². The summed E-state index contributed by atoms with van der Waals surface area (Å²) in [5.41, 5.74) is 2.67. The van der Waals surface area contributed by atoms with Crippen molar-refractivity contribution in [2.24, 2.45) is 0 Å². The number of carbonyl (C=O) groups excluding carboxylic acids is 1. The minimum atomic E-state index is -3.75. The molecule has 0 aliphatic carbocycles. The molecular weight excluding hydrogens is 429 g/mol. The van der Waals surface area contributed by atoms with Gasteiger partial charge in [0, 0.05) is 25.3 Å². The Bertz CT molecular complexity index is 1230. The molecule has 0 radical (unpaired) electrons. The molecular formula is C24H24FN3O3S. The van der Waals surface area contributed by atoms with E-state index in [2.05, 4.69) is 4.72 Å². The van der Waals surface area contributed by atoms with Gasteiger partial charge >= 0.3 is 6.03 Å². The largest absolute Gasteiger partial charge is 0.324 e. The molecule has 32 heavy (non-hydrogen) atoms. The zero-order chi connectivity index (χ0) is 22.7. The first-order valence-electron chi connectivity index (χ1n) is 10.3. The summed E-state index contributed by atoms with van der Waals surface area (Å²) < 4.78 is 41.5.